The van der Waals surface area contributed by atoms with Crippen LogP contribution in [0, 0.1) is 5.92 Å². The van der Waals surface area contributed by atoms with Crippen LogP contribution in [-0.2, 0) is 10.2 Å². The molecular formula is C12H25N3O2S2. The number of hydrogen-bond donors (Lipinski definition) is 2. The van der Waals surface area contributed by atoms with E-state index in [1.54, 1.807) is 4.31 Å². The lowest BCUT2D eigenvalue weighted by atomic mass is 9.99. The van der Waals surface area contributed by atoms with E-state index in [2.05, 4.69) is 11.6 Å². The molecule has 0 spiro atoms. The molecule has 0 amide bonds. The van der Waals surface area contributed by atoms with Gasteiger partial charge < -0.3 is 5.73 Å². The highest BCUT2D eigenvalue weighted by atomic mass is 32.2. The van der Waals surface area contributed by atoms with E-state index in [-0.39, 0.29) is 4.75 Å². The zero-order valence-corrected chi connectivity index (χ0v) is 13.2. The van der Waals surface area contributed by atoms with Crippen molar-refractivity contribution in [2.24, 2.45) is 11.7 Å². The van der Waals surface area contributed by atoms with Gasteiger partial charge in [0.05, 0.1) is 0 Å². The van der Waals surface area contributed by atoms with Gasteiger partial charge in [0.15, 0.2) is 0 Å². The van der Waals surface area contributed by atoms with E-state index >= 15 is 0 Å². The molecule has 0 aromatic rings. The predicted molar refractivity (Wildman–Crippen MR) is 80.4 cm³/mol. The van der Waals surface area contributed by atoms with Crippen LogP contribution >= 0.6 is 11.8 Å². The molecule has 2 fully saturated rings. The first-order valence-corrected chi connectivity index (χ1v) is 9.46. The van der Waals surface area contributed by atoms with Crippen LogP contribution in [-0.4, -0.2) is 49.4 Å². The van der Waals surface area contributed by atoms with Crippen LogP contribution in [0.1, 0.15) is 32.6 Å². The average Bonchev–Trinajstić information content (AvgIpc) is 2.84. The molecule has 7 heteroatoms. The molecule has 3 N–H and O–H groups in total. The van der Waals surface area contributed by atoms with Crippen molar-refractivity contribution in [1.29, 1.82) is 0 Å². The van der Waals surface area contributed by atoms with Gasteiger partial charge in [0, 0.05) is 24.4 Å². The van der Waals surface area contributed by atoms with Crippen molar-refractivity contribution in [2.75, 3.05) is 31.9 Å². The van der Waals surface area contributed by atoms with Gasteiger partial charge in [0.1, 0.15) is 0 Å². The fraction of sp³-hybridized carbons (Fsp3) is 1.00. The summed E-state index contributed by atoms with van der Waals surface area (Å²) in [5.74, 6) is 1.62. The number of nitrogens with zero attached hydrogens (tertiary/aromatic N) is 1. The molecule has 0 aromatic carbocycles. The van der Waals surface area contributed by atoms with Crippen molar-refractivity contribution < 1.29 is 8.42 Å². The van der Waals surface area contributed by atoms with Gasteiger partial charge in [0.2, 0.25) is 0 Å². The number of hydrogen-bond acceptors (Lipinski definition) is 4. The van der Waals surface area contributed by atoms with Gasteiger partial charge in [-0.15, -0.1) is 0 Å². The Labute approximate surface area is 120 Å². The van der Waals surface area contributed by atoms with Gasteiger partial charge >= 0.3 is 0 Å². The molecule has 2 aliphatic rings. The van der Waals surface area contributed by atoms with E-state index < -0.39 is 10.2 Å². The Balaban J connectivity index is 1.85. The molecule has 19 heavy (non-hydrogen) atoms. The van der Waals surface area contributed by atoms with Crippen molar-refractivity contribution in [1.82, 2.24) is 9.03 Å². The van der Waals surface area contributed by atoms with Crippen molar-refractivity contribution in [3.63, 3.8) is 0 Å². The maximum Gasteiger partial charge on any atom is 0.279 e. The summed E-state index contributed by atoms with van der Waals surface area (Å²) in [5, 5.41) is 0. The highest BCUT2D eigenvalue weighted by molar-refractivity contribution is 8.00. The monoisotopic (exact) mass is 307 g/mol. The van der Waals surface area contributed by atoms with Crippen LogP contribution in [0.5, 0.6) is 0 Å². The summed E-state index contributed by atoms with van der Waals surface area (Å²) in [5.41, 5.74) is 5.63. The largest absolute Gasteiger partial charge is 0.330 e. The molecule has 1 unspecified atom stereocenters. The number of rotatable bonds is 5. The standard InChI is InChI=1S/C12H25N3O2S2/c1-12(5-2-8-18-12)10-14-19(16,17)15-6-3-11(9-13)4-7-15/h11,14H,2-10,13H2,1H3. The summed E-state index contributed by atoms with van der Waals surface area (Å²) in [6.07, 6.45) is 4.03. The minimum Gasteiger partial charge on any atom is -0.330 e. The Morgan fingerprint density at radius 3 is 2.63 bits per heavy atom. The van der Waals surface area contributed by atoms with Gasteiger partial charge in [0.25, 0.3) is 10.2 Å². The topological polar surface area (TPSA) is 75.4 Å². The lowest BCUT2D eigenvalue weighted by Gasteiger charge is -2.32. The molecule has 2 rings (SSSR count). The summed E-state index contributed by atoms with van der Waals surface area (Å²) >= 11 is 1.87. The minimum atomic E-state index is -3.31. The lowest BCUT2D eigenvalue weighted by molar-refractivity contribution is 0.275. The van der Waals surface area contributed by atoms with E-state index in [1.807, 2.05) is 11.8 Å². The molecule has 1 atom stereocenters. The Hall–Kier alpha value is 0.180. The molecule has 0 aromatic heterocycles. The van der Waals surface area contributed by atoms with Crippen LogP contribution in [0.4, 0.5) is 0 Å². The summed E-state index contributed by atoms with van der Waals surface area (Å²) in [4.78, 5) is 0. The molecule has 0 saturated carbocycles. The number of nitrogens with two attached hydrogens (primary N) is 1. The van der Waals surface area contributed by atoms with E-state index in [0.29, 0.717) is 32.1 Å². The number of piperidine rings is 1. The summed E-state index contributed by atoms with van der Waals surface area (Å²) in [6, 6.07) is 0. The summed E-state index contributed by atoms with van der Waals surface area (Å²) in [7, 11) is -3.31. The van der Waals surface area contributed by atoms with Crippen molar-refractivity contribution in [3.05, 3.63) is 0 Å². The third-order valence-electron chi connectivity index (χ3n) is 4.18. The molecule has 2 heterocycles. The van der Waals surface area contributed by atoms with Gasteiger partial charge in [-0.3, -0.25) is 0 Å². The zero-order valence-electron chi connectivity index (χ0n) is 11.6. The molecule has 112 valence electrons. The highest BCUT2D eigenvalue weighted by Gasteiger charge is 2.33. The Morgan fingerprint density at radius 1 is 1.42 bits per heavy atom. The van der Waals surface area contributed by atoms with Crippen LogP contribution in [0.3, 0.4) is 0 Å². The van der Waals surface area contributed by atoms with Crippen LogP contribution in [0.15, 0.2) is 0 Å². The third kappa shape index (κ3) is 4.07. The maximum atomic E-state index is 12.3. The number of nitrogens with one attached hydrogen (secondary N) is 1. The van der Waals surface area contributed by atoms with E-state index in [4.69, 9.17) is 5.73 Å². The van der Waals surface area contributed by atoms with Gasteiger partial charge in [-0.2, -0.15) is 24.5 Å². The van der Waals surface area contributed by atoms with Gasteiger partial charge in [-0.25, -0.2) is 4.72 Å². The zero-order chi connectivity index (χ0) is 13.9. The van der Waals surface area contributed by atoms with Crippen molar-refractivity contribution in [3.8, 4) is 0 Å². The normalized spacial score (nSPS) is 30.8. The molecular weight excluding hydrogens is 282 g/mol. The average molecular weight is 307 g/mol. The smallest absolute Gasteiger partial charge is 0.279 e. The van der Waals surface area contributed by atoms with Crippen LogP contribution < -0.4 is 10.5 Å². The minimum absolute atomic E-state index is 0.0721. The van der Waals surface area contributed by atoms with E-state index in [9.17, 15) is 8.42 Å². The van der Waals surface area contributed by atoms with Gasteiger partial charge in [-0.1, -0.05) is 0 Å². The van der Waals surface area contributed by atoms with E-state index in [1.165, 1.54) is 6.42 Å². The SMILES string of the molecule is CC1(CNS(=O)(=O)N2CCC(CN)CC2)CCCS1. The second-order valence-corrected chi connectivity index (χ2v) is 9.24. The first kappa shape index (κ1) is 15.6. The molecule has 0 aliphatic carbocycles. The van der Waals surface area contributed by atoms with Crippen LogP contribution in [0.2, 0.25) is 0 Å². The molecule has 5 nitrogen and oxygen atoms in total. The fourth-order valence-electron chi connectivity index (χ4n) is 2.70. The fourth-order valence-corrected chi connectivity index (χ4v) is 5.41. The molecule has 2 saturated heterocycles. The predicted octanol–water partition coefficient (Wildman–Crippen LogP) is 0.777. The first-order valence-electron chi connectivity index (χ1n) is 7.04. The highest BCUT2D eigenvalue weighted by Crippen LogP contribution is 2.37. The van der Waals surface area contributed by atoms with Crippen molar-refractivity contribution in [2.45, 2.75) is 37.4 Å². The molecule has 0 radical (unpaired) electrons. The second kappa shape index (κ2) is 6.30. The Kier molecular flexibility index (Phi) is 5.16. The van der Waals surface area contributed by atoms with Gasteiger partial charge in [-0.05, 0) is 50.8 Å². The number of thioether (sulfide) groups is 1. The third-order valence-corrected chi connectivity index (χ3v) is 7.27. The lowest BCUT2D eigenvalue weighted by Crippen LogP contribution is -2.48. The summed E-state index contributed by atoms with van der Waals surface area (Å²) < 4.78 is 28.9. The summed E-state index contributed by atoms with van der Waals surface area (Å²) in [6.45, 7) is 4.54. The first-order chi connectivity index (χ1) is 8.95. The van der Waals surface area contributed by atoms with Crippen molar-refractivity contribution >= 4 is 22.0 Å². The molecule has 0 bridgehead atoms. The molecule has 2 aliphatic heterocycles. The van der Waals surface area contributed by atoms with Crippen LogP contribution in [0.25, 0.3) is 0 Å². The quantitative estimate of drug-likeness (QED) is 0.787. The second-order valence-electron chi connectivity index (χ2n) is 5.81. The Bertz CT molecular complexity index is 386. The van der Waals surface area contributed by atoms with E-state index in [0.717, 1.165) is 25.0 Å². The maximum absolute atomic E-state index is 12.3. The Morgan fingerprint density at radius 2 is 2.11 bits per heavy atom.